The first kappa shape index (κ1) is 16.3. The molecule has 2 nitrogen and oxygen atoms in total. The monoisotopic (exact) mass is 289 g/mol. The lowest BCUT2D eigenvalue weighted by atomic mass is 10.0. The Morgan fingerprint density at radius 2 is 1.60 bits per heavy atom. The molecule has 2 N–H and O–H groups in total. The van der Waals surface area contributed by atoms with Crippen molar-refractivity contribution in [3.8, 4) is 11.5 Å². The van der Waals surface area contributed by atoms with E-state index < -0.39 is 0 Å². The fourth-order valence-electron chi connectivity index (χ4n) is 1.87. The van der Waals surface area contributed by atoms with Crippen LogP contribution in [0.25, 0.3) is 0 Å². The Balaban J connectivity index is 0.00000200. The van der Waals surface area contributed by atoms with Crippen molar-refractivity contribution in [1.29, 1.82) is 0 Å². The molecule has 3 heteroatoms. The van der Waals surface area contributed by atoms with Gasteiger partial charge in [-0.3, -0.25) is 0 Å². The van der Waals surface area contributed by atoms with E-state index in [2.05, 4.69) is 6.58 Å². The van der Waals surface area contributed by atoms with Gasteiger partial charge in [0, 0.05) is 6.04 Å². The molecule has 0 aliphatic heterocycles. The van der Waals surface area contributed by atoms with Gasteiger partial charge in [-0.1, -0.05) is 36.4 Å². The number of hydrogen-bond acceptors (Lipinski definition) is 2. The van der Waals surface area contributed by atoms with E-state index in [-0.39, 0.29) is 18.4 Å². The molecule has 0 unspecified atom stereocenters. The van der Waals surface area contributed by atoms with Crippen molar-refractivity contribution in [3.05, 3.63) is 72.8 Å². The van der Waals surface area contributed by atoms with Crippen molar-refractivity contribution in [2.24, 2.45) is 5.73 Å². The fourth-order valence-corrected chi connectivity index (χ4v) is 1.87. The molecule has 0 aliphatic rings. The minimum atomic E-state index is 0. The van der Waals surface area contributed by atoms with Gasteiger partial charge in [0.25, 0.3) is 0 Å². The van der Waals surface area contributed by atoms with Gasteiger partial charge in [0.05, 0.1) is 0 Å². The zero-order chi connectivity index (χ0) is 13.5. The summed E-state index contributed by atoms with van der Waals surface area (Å²) in [7, 11) is 0. The normalized spacial score (nSPS) is 11.2. The highest BCUT2D eigenvalue weighted by Gasteiger charge is 2.05. The molecular formula is C17H20ClNO. The number of para-hydroxylation sites is 1. The fraction of sp³-hybridized carbons (Fsp3) is 0.176. The summed E-state index contributed by atoms with van der Waals surface area (Å²) in [5, 5.41) is 0. The van der Waals surface area contributed by atoms with E-state index in [1.165, 1.54) is 0 Å². The van der Waals surface area contributed by atoms with Crippen LogP contribution in [0.15, 0.2) is 67.3 Å². The van der Waals surface area contributed by atoms with Gasteiger partial charge in [-0.05, 0) is 42.7 Å². The van der Waals surface area contributed by atoms with Crippen LogP contribution >= 0.6 is 12.4 Å². The van der Waals surface area contributed by atoms with E-state index in [0.717, 1.165) is 29.9 Å². The van der Waals surface area contributed by atoms with Gasteiger partial charge in [0.1, 0.15) is 11.5 Å². The van der Waals surface area contributed by atoms with Crippen LogP contribution in [-0.2, 0) is 0 Å². The highest BCUT2D eigenvalue weighted by molar-refractivity contribution is 5.85. The minimum Gasteiger partial charge on any atom is -0.457 e. The summed E-state index contributed by atoms with van der Waals surface area (Å²) in [5.74, 6) is 1.66. The zero-order valence-corrected chi connectivity index (χ0v) is 12.2. The van der Waals surface area contributed by atoms with Crippen LogP contribution in [-0.4, -0.2) is 0 Å². The van der Waals surface area contributed by atoms with E-state index in [9.17, 15) is 0 Å². The lowest BCUT2D eigenvalue weighted by Gasteiger charge is -2.12. The van der Waals surface area contributed by atoms with E-state index in [0.29, 0.717) is 0 Å². The third-order valence-electron chi connectivity index (χ3n) is 2.97. The average Bonchev–Trinajstić information content (AvgIpc) is 2.46. The molecule has 2 rings (SSSR count). The number of rotatable bonds is 6. The van der Waals surface area contributed by atoms with Crippen molar-refractivity contribution in [2.75, 3.05) is 0 Å². The number of hydrogen-bond donors (Lipinski definition) is 1. The molecule has 2 aromatic carbocycles. The van der Waals surface area contributed by atoms with Gasteiger partial charge in [0.15, 0.2) is 0 Å². The number of benzene rings is 2. The molecule has 2 aromatic rings. The van der Waals surface area contributed by atoms with E-state index >= 15 is 0 Å². The van der Waals surface area contributed by atoms with Crippen molar-refractivity contribution in [2.45, 2.75) is 18.9 Å². The van der Waals surface area contributed by atoms with Gasteiger partial charge in [-0.15, -0.1) is 19.0 Å². The maximum atomic E-state index is 6.10. The summed E-state index contributed by atoms with van der Waals surface area (Å²) in [6.07, 6.45) is 3.75. The maximum absolute atomic E-state index is 6.10. The van der Waals surface area contributed by atoms with E-state index in [1.54, 1.807) is 0 Å². The summed E-state index contributed by atoms with van der Waals surface area (Å²) < 4.78 is 5.74. The molecule has 0 aromatic heterocycles. The van der Waals surface area contributed by atoms with Gasteiger partial charge in [0.2, 0.25) is 0 Å². The van der Waals surface area contributed by atoms with Crippen LogP contribution in [0.4, 0.5) is 0 Å². The first-order valence-corrected chi connectivity index (χ1v) is 6.49. The van der Waals surface area contributed by atoms with Gasteiger partial charge in [-0.25, -0.2) is 0 Å². The summed E-state index contributed by atoms with van der Waals surface area (Å²) >= 11 is 0. The smallest absolute Gasteiger partial charge is 0.127 e. The van der Waals surface area contributed by atoms with Gasteiger partial charge < -0.3 is 10.5 Å². The molecule has 20 heavy (non-hydrogen) atoms. The highest BCUT2D eigenvalue weighted by atomic mass is 35.5. The van der Waals surface area contributed by atoms with Crippen molar-refractivity contribution < 1.29 is 4.74 Å². The second-order valence-electron chi connectivity index (χ2n) is 4.46. The van der Waals surface area contributed by atoms with Crippen LogP contribution in [0.2, 0.25) is 0 Å². The Bertz CT molecular complexity index is 510. The molecule has 106 valence electrons. The first-order chi connectivity index (χ1) is 9.29. The number of halogens is 1. The molecular weight excluding hydrogens is 270 g/mol. The lowest BCUT2D eigenvalue weighted by molar-refractivity contribution is 0.482. The third kappa shape index (κ3) is 4.72. The quantitative estimate of drug-likeness (QED) is 0.770. The molecule has 0 spiro atoms. The predicted octanol–water partition coefficient (Wildman–Crippen LogP) is 4.87. The Kier molecular flexibility index (Phi) is 6.85. The molecule has 1 atom stereocenters. The summed E-state index contributed by atoms with van der Waals surface area (Å²) in [4.78, 5) is 0. The van der Waals surface area contributed by atoms with E-state index in [4.69, 9.17) is 10.5 Å². The SMILES string of the molecule is C=CCC[C@@H](N)c1ccc(Oc2ccccc2)cc1.Cl. The van der Waals surface area contributed by atoms with Crippen LogP contribution in [0.5, 0.6) is 11.5 Å². The minimum absolute atomic E-state index is 0. The van der Waals surface area contributed by atoms with Gasteiger partial charge >= 0.3 is 0 Å². The van der Waals surface area contributed by atoms with Crippen molar-refractivity contribution >= 4 is 12.4 Å². The molecule has 0 aliphatic carbocycles. The number of ether oxygens (including phenoxy) is 1. The third-order valence-corrected chi connectivity index (χ3v) is 2.97. The molecule has 0 amide bonds. The summed E-state index contributed by atoms with van der Waals surface area (Å²) in [6, 6.07) is 17.7. The number of allylic oxidation sites excluding steroid dienone is 1. The van der Waals surface area contributed by atoms with Gasteiger partial charge in [-0.2, -0.15) is 0 Å². The summed E-state index contributed by atoms with van der Waals surface area (Å²) in [6.45, 7) is 3.71. The highest BCUT2D eigenvalue weighted by Crippen LogP contribution is 2.23. The van der Waals surface area contributed by atoms with Crippen LogP contribution < -0.4 is 10.5 Å². The topological polar surface area (TPSA) is 35.2 Å². The second-order valence-corrected chi connectivity index (χ2v) is 4.46. The molecule has 0 radical (unpaired) electrons. The molecule has 0 fully saturated rings. The average molecular weight is 290 g/mol. The van der Waals surface area contributed by atoms with E-state index in [1.807, 2.05) is 60.7 Å². The molecule has 0 bridgehead atoms. The van der Waals surface area contributed by atoms with Crippen LogP contribution in [0.3, 0.4) is 0 Å². The zero-order valence-electron chi connectivity index (χ0n) is 11.4. The standard InChI is InChI=1S/C17H19NO.ClH/c1-2-3-9-17(18)14-10-12-16(13-11-14)19-15-7-5-4-6-8-15;/h2,4-8,10-13,17H,1,3,9,18H2;1H/t17-;/m1./s1. The predicted molar refractivity (Wildman–Crippen MR) is 86.6 cm³/mol. The molecule has 0 heterocycles. The first-order valence-electron chi connectivity index (χ1n) is 6.49. The number of nitrogens with two attached hydrogens (primary N) is 1. The summed E-state index contributed by atoms with van der Waals surface area (Å²) in [5.41, 5.74) is 7.22. The molecule has 0 saturated carbocycles. The Hall–Kier alpha value is -1.77. The largest absolute Gasteiger partial charge is 0.457 e. The Labute approximate surface area is 126 Å². The molecule has 0 saturated heterocycles. The van der Waals surface area contributed by atoms with Crippen LogP contribution in [0.1, 0.15) is 24.4 Å². The van der Waals surface area contributed by atoms with Crippen LogP contribution in [0, 0.1) is 0 Å². The van der Waals surface area contributed by atoms with Crippen molar-refractivity contribution in [3.63, 3.8) is 0 Å². The lowest BCUT2D eigenvalue weighted by Crippen LogP contribution is -2.09. The Morgan fingerprint density at radius 1 is 1.00 bits per heavy atom. The maximum Gasteiger partial charge on any atom is 0.127 e. The second kappa shape index (κ2) is 8.41. The van der Waals surface area contributed by atoms with Crippen molar-refractivity contribution in [1.82, 2.24) is 0 Å². The Morgan fingerprint density at radius 3 is 2.20 bits per heavy atom.